The van der Waals surface area contributed by atoms with Gasteiger partial charge in [0.25, 0.3) is 0 Å². The molecule has 0 aromatic carbocycles. The van der Waals surface area contributed by atoms with Gasteiger partial charge < -0.3 is 14.5 Å². The maximum absolute atomic E-state index is 5.69. The molecule has 0 bridgehead atoms. The molecule has 0 amide bonds. The number of nitrogens with zero attached hydrogens (tertiary/aromatic N) is 5. The van der Waals surface area contributed by atoms with Crippen LogP contribution in [0.4, 0.5) is 11.5 Å². The van der Waals surface area contributed by atoms with E-state index in [9.17, 15) is 0 Å². The van der Waals surface area contributed by atoms with Crippen molar-refractivity contribution in [1.82, 2.24) is 20.2 Å². The molecule has 0 spiro atoms. The molecule has 1 atom stereocenters. The number of hydrogen-bond acceptors (Lipinski definition) is 6. The van der Waals surface area contributed by atoms with Gasteiger partial charge in [-0.15, -0.1) is 0 Å². The molecule has 28 heavy (non-hydrogen) atoms. The van der Waals surface area contributed by atoms with Gasteiger partial charge in [0.05, 0.1) is 30.6 Å². The number of rotatable bonds is 3. The minimum absolute atomic E-state index is 0.324. The predicted octanol–water partition coefficient (Wildman–Crippen LogP) is 2.77. The summed E-state index contributed by atoms with van der Waals surface area (Å²) in [5.41, 5.74) is 5.53. The molecule has 0 unspecified atom stereocenters. The number of aromatic nitrogens is 4. The fourth-order valence-corrected chi connectivity index (χ4v) is 4.72. The Labute approximate surface area is 163 Å². The van der Waals surface area contributed by atoms with Gasteiger partial charge in [0.15, 0.2) is 0 Å². The van der Waals surface area contributed by atoms with Gasteiger partial charge in [0.1, 0.15) is 17.0 Å². The van der Waals surface area contributed by atoms with Crippen molar-refractivity contribution < 1.29 is 4.74 Å². The molecular weight excluding hydrogens is 352 g/mol. The molecule has 1 aliphatic carbocycles. The van der Waals surface area contributed by atoms with Crippen LogP contribution in [0.2, 0.25) is 0 Å². The highest BCUT2D eigenvalue weighted by atomic mass is 16.5. The molecule has 6 rings (SSSR count). The monoisotopic (exact) mass is 376 g/mol. The van der Waals surface area contributed by atoms with E-state index in [0.29, 0.717) is 12.1 Å². The Kier molecular flexibility index (Phi) is 3.59. The Morgan fingerprint density at radius 3 is 2.86 bits per heavy atom. The summed E-state index contributed by atoms with van der Waals surface area (Å²) in [6.07, 6.45) is 7.33. The van der Waals surface area contributed by atoms with Crippen LogP contribution in [0.5, 0.6) is 0 Å². The molecule has 144 valence electrons. The lowest BCUT2D eigenvalue weighted by Crippen LogP contribution is -2.44. The smallest absolute Gasteiger partial charge is 0.135 e. The summed E-state index contributed by atoms with van der Waals surface area (Å²) in [6.45, 7) is 5.71. The maximum atomic E-state index is 5.69. The van der Waals surface area contributed by atoms with Crippen molar-refractivity contribution in [2.45, 2.75) is 38.3 Å². The van der Waals surface area contributed by atoms with E-state index in [4.69, 9.17) is 9.72 Å². The Bertz CT molecular complexity index is 1030. The Balaban J connectivity index is 1.62. The van der Waals surface area contributed by atoms with E-state index < -0.39 is 0 Å². The lowest BCUT2D eigenvalue weighted by molar-refractivity contribution is 0.0985. The fraction of sp³-hybridized carbons (Fsp3) is 0.476. The second kappa shape index (κ2) is 6.17. The third kappa shape index (κ3) is 2.42. The van der Waals surface area contributed by atoms with Gasteiger partial charge >= 0.3 is 0 Å². The second-order valence-electron chi connectivity index (χ2n) is 8.08. The van der Waals surface area contributed by atoms with Gasteiger partial charge in [-0.3, -0.25) is 10.1 Å². The summed E-state index contributed by atoms with van der Waals surface area (Å²) in [5.74, 6) is 1.12. The molecule has 2 aliphatic heterocycles. The first-order chi connectivity index (χ1) is 13.8. The van der Waals surface area contributed by atoms with Gasteiger partial charge in [0, 0.05) is 42.5 Å². The van der Waals surface area contributed by atoms with Crippen LogP contribution in [0.1, 0.15) is 25.3 Å². The number of nitrogens with one attached hydrogen (secondary N) is 1. The third-order valence-electron chi connectivity index (χ3n) is 6.23. The number of anilines is 2. The summed E-state index contributed by atoms with van der Waals surface area (Å²) in [7, 11) is 0. The average molecular weight is 376 g/mol. The average Bonchev–Trinajstić information content (AvgIpc) is 3.24. The summed E-state index contributed by atoms with van der Waals surface area (Å²) >= 11 is 0. The molecule has 2 fully saturated rings. The summed E-state index contributed by atoms with van der Waals surface area (Å²) < 4.78 is 5.69. The molecule has 7 heteroatoms. The van der Waals surface area contributed by atoms with E-state index in [-0.39, 0.29) is 0 Å². The van der Waals surface area contributed by atoms with E-state index in [2.05, 4.69) is 38.0 Å². The number of aromatic amines is 1. The van der Waals surface area contributed by atoms with Crippen LogP contribution >= 0.6 is 0 Å². The molecular formula is C21H24N6O. The zero-order valence-electron chi connectivity index (χ0n) is 16.1. The van der Waals surface area contributed by atoms with E-state index in [1.165, 1.54) is 29.5 Å². The largest absolute Gasteiger partial charge is 0.377 e. The summed E-state index contributed by atoms with van der Waals surface area (Å²) in [6, 6.07) is 5.11. The Morgan fingerprint density at radius 1 is 1.14 bits per heavy atom. The highest BCUT2D eigenvalue weighted by Crippen LogP contribution is 2.46. The first kappa shape index (κ1) is 16.3. The van der Waals surface area contributed by atoms with Crippen molar-refractivity contribution >= 4 is 22.4 Å². The molecule has 1 saturated heterocycles. The standard InChI is InChI=1S/C21H24N6O/c1-13-12-28-11-10-26(13)21-16-6-9-27(14-2-3-14)20(16)15-4-7-22-19(18(15)24-21)17-5-8-23-25-17/h4-5,7-8,13-14H,2-3,6,9-12H2,1H3,(H,23,25)/t13-/m1/s1. The molecule has 7 nitrogen and oxygen atoms in total. The van der Waals surface area contributed by atoms with Crippen LogP contribution in [0.3, 0.4) is 0 Å². The Hall–Kier alpha value is -2.67. The molecule has 5 heterocycles. The molecule has 1 N–H and O–H groups in total. The molecule has 3 aromatic rings. The zero-order valence-corrected chi connectivity index (χ0v) is 16.1. The van der Waals surface area contributed by atoms with E-state index in [1.807, 2.05) is 12.3 Å². The highest BCUT2D eigenvalue weighted by molar-refractivity contribution is 6.02. The van der Waals surface area contributed by atoms with Gasteiger partial charge in [-0.2, -0.15) is 5.10 Å². The van der Waals surface area contributed by atoms with Crippen LogP contribution in [0.15, 0.2) is 24.5 Å². The van der Waals surface area contributed by atoms with Crippen LogP contribution < -0.4 is 9.80 Å². The molecule has 3 aliphatic rings. The summed E-state index contributed by atoms with van der Waals surface area (Å²) in [4.78, 5) is 14.9. The lowest BCUT2D eigenvalue weighted by Gasteiger charge is -2.36. The minimum atomic E-state index is 0.324. The van der Waals surface area contributed by atoms with E-state index in [0.717, 1.165) is 55.4 Å². The summed E-state index contributed by atoms with van der Waals surface area (Å²) in [5, 5.41) is 8.40. The van der Waals surface area contributed by atoms with Crippen LogP contribution in [-0.2, 0) is 11.2 Å². The number of hydrogen-bond donors (Lipinski definition) is 1. The maximum Gasteiger partial charge on any atom is 0.135 e. The number of morpholine rings is 1. The SMILES string of the molecule is C[C@@H]1COCCN1c1nc2c(-c3ccn[nH]3)nccc2c2c1CCN2C1CC1. The van der Waals surface area contributed by atoms with Crippen LogP contribution in [-0.4, -0.2) is 58.6 Å². The number of ether oxygens (including phenoxy) is 1. The molecule has 1 saturated carbocycles. The zero-order chi connectivity index (χ0) is 18.7. The van der Waals surface area contributed by atoms with Gasteiger partial charge in [-0.1, -0.05) is 0 Å². The van der Waals surface area contributed by atoms with Crippen molar-refractivity contribution in [2.75, 3.05) is 36.1 Å². The van der Waals surface area contributed by atoms with Crippen molar-refractivity contribution in [3.05, 3.63) is 30.1 Å². The molecule has 0 radical (unpaired) electrons. The van der Waals surface area contributed by atoms with Crippen molar-refractivity contribution in [3.8, 4) is 11.4 Å². The topological polar surface area (TPSA) is 70.2 Å². The van der Waals surface area contributed by atoms with Crippen molar-refractivity contribution in [3.63, 3.8) is 0 Å². The quantitative estimate of drug-likeness (QED) is 0.758. The van der Waals surface area contributed by atoms with Crippen molar-refractivity contribution in [1.29, 1.82) is 0 Å². The van der Waals surface area contributed by atoms with Crippen LogP contribution in [0, 0.1) is 0 Å². The van der Waals surface area contributed by atoms with Gasteiger partial charge in [-0.05, 0) is 38.3 Å². The first-order valence-corrected chi connectivity index (χ1v) is 10.2. The number of pyridine rings is 2. The molecule has 3 aromatic heterocycles. The minimum Gasteiger partial charge on any atom is -0.377 e. The fourth-order valence-electron chi connectivity index (χ4n) is 4.72. The second-order valence-corrected chi connectivity index (χ2v) is 8.08. The van der Waals surface area contributed by atoms with Crippen molar-refractivity contribution in [2.24, 2.45) is 0 Å². The highest BCUT2D eigenvalue weighted by Gasteiger charge is 2.38. The lowest BCUT2D eigenvalue weighted by atomic mass is 10.1. The normalized spacial score (nSPS) is 22.1. The van der Waals surface area contributed by atoms with E-state index >= 15 is 0 Å². The predicted molar refractivity (Wildman–Crippen MR) is 109 cm³/mol. The number of H-pyrrole nitrogens is 1. The van der Waals surface area contributed by atoms with Crippen LogP contribution in [0.25, 0.3) is 22.3 Å². The Morgan fingerprint density at radius 2 is 2.07 bits per heavy atom. The first-order valence-electron chi connectivity index (χ1n) is 10.2. The van der Waals surface area contributed by atoms with E-state index in [1.54, 1.807) is 6.20 Å². The number of fused-ring (bicyclic) bond motifs is 3. The third-order valence-corrected chi connectivity index (χ3v) is 6.23. The van der Waals surface area contributed by atoms with Gasteiger partial charge in [-0.25, -0.2) is 4.98 Å². The van der Waals surface area contributed by atoms with Gasteiger partial charge in [0.2, 0.25) is 0 Å².